The molecule has 0 bridgehead atoms. The molecule has 0 radical (unpaired) electrons. The van der Waals surface area contributed by atoms with E-state index in [2.05, 4.69) is 29.1 Å². The van der Waals surface area contributed by atoms with Gasteiger partial charge in [-0.25, -0.2) is 4.79 Å². The second-order valence-electron chi connectivity index (χ2n) is 7.67. The Morgan fingerprint density at radius 3 is 2.38 bits per heavy atom. The molecule has 0 spiro atoms. The van der Waals surface area contributed by atoms with Crippen LogP contribution in [0, 0.1) is 0 Å². The van der Waals surface area contributed by atoms with Crippen LogP contribution < -0.4 is 11.1 Å². The number of amides is 1. The monoisotopic (exact) mass is 481 g/mol. The normalized spacial score (nSPS) is 20.4. The molecule has 0 unspecified atom stereocenters. The molecular weight excluding hydrogens is 445 g/mol. The first-order valence-corrected chi connectivity index (χ1v) is 9.65. The summed E-state index contributed by atoms with van der Waals surface area (Å²) in [7, 11) is 0. The molecule has 0 aliphatic carbocycles. The molecule has 7 nitrogen and oxygen atoms in total. The minimum Gasteiger partial charge on any atom is -0.450 e. The predicted octanol–water partition coefficient (Wildman–Crippen LogP) is 2.39. The van der Waals surface area contributed by atoms with E-state index >= 15 is 0 Å². The number of aliphatic imine (C=N–C) groups is 1. The maximum absolute atomic E-state index is 11.7. The van der Waals surface area contributed by atoms with Gasteiger partial charge in [0.05, 0.1) is 13.2 Å². The zero-order chi connectivity index (χ0) is 18.3. The largest absolute Gasteiger partial charge is 0.450 e. The highest BCUT2D eigenvalue weighted by molar-refractivity contribution is 14.0. The van der Waals surface area contributed by atoms with E-state index in [1.54, 1.807) is 4.90 Å². The minimum atomic E-state index is -0.217. The Kier molecular flexibility index (Phi) is 9.99. The summed E-state index contributed by atoms with van der Waals surface area (Å²) < 4.78 is 5.04. The van der Waals surface area contributed by atoms with Crippen LogP contribution in [-0.4, -0.2) is 72.8 Å². The van der Waals surface area contributed by atoms with Crippen LogP contribution in [0.15, 0.2) is 4.99 Å². The number of piperidine rings is 2. The molecular formula is C18H36IN5O2. The zero-order valence-electron chi connectivity index (χ0n) is 16.5. The SMILES string of the molecule is CCOC(=O)N1CCC(NC(N)=NCC(C)(C)N2CCCCC2)CC1.I. The summed E-state index contributed by atoms with van der Waals surface area (Å²) in [5.41, 5.74) is 6.14. The van der Waals surface area contributed by atoms with Gasteiger partial charge in [0.15, 0.2) is 5.96 Å². The molecule has 0 atom stereocenters. The number of nitrogens with two attached hydrogens (primary N) is 1. The lowest BCUT2D eigenvalue weighted by Gasteiger charge is -2.40. The molecule has 2 rings (SSSR count). The van der Waals surface area contributed by atoms with Crippen LogP contribution in [0.2, 0.25) is 0 Å². The lowest BCUT2D eigenvalue weighted by molar-refractivity contribution is 0.0961. The van der Waals surface area contributed by atoms with Gasteiger partial charge in [-0.2, -0.15) is 0 Å². The lowest BCUT2D eigenvalue weighted by Crippen LogP contribution is -2.51. The number of hydrogen-bond donors (Lipinski definition) is 2. The Balaban J connectivity index is 0.00000338. The molecule has 2 aliphatic rings. The van der Waals surface area contributed by atoms with E-state index in [9.17, 15) is 4.79 Å². The third kappa shape index (κ3) is 7.09. The van der Waals surface area contributed by atoms with Crippen molar-refractivity contribution in [3.63, 3.8) is 0 Å². The van der Waals surface area contributed by atoms with E-state index in [-0.39, 0.29) is 41.7 Å². The van der Waals surface area contributed by atoms with E-state index in [0.717, 1.165) is 25.9 Å². The maximum Gasteiger partial charge on any atom is 0.409 e. The van der Waals surface area contributed by atoms with Crippen LogP contribution in [0.25, 0.3) is 0 Å². The topological polar surface area (TPSA) is 83.2 Å². The van der Waals surface area contributed by atoms with Gasteiger partial charge < -0.3 is 20.7 Å². The number of nitrogens with zero attached hydrogens (tertiary/aromatic N) is 3. The van der Waals surface area contributed by atoms with E-state index in [4.69, 9.17) is 10.5 Å². The molecule has 0 aromatic heterocycles. The molecule has 0 aromatic rings. The van der Waals surface area contributed by atoms with E-state index in [0.29, 0.717) is 32.2 Å². The highest BCUT2D eigenvalue weighted by atomic mass is 127. The summed E-state index contributed by atoms with van der Waals surface area (Å²) in [6, 6.07) is 0.271. The third-order valence-electron chi connectivity index (χ3n) is 5.22. The summed E-state index contributed by atoms with van der Waals surface area (Å²) in [5, 5.41) is 3.32. The van der Waals surface area contributed by atoms with Gasteiger partial charge in [0.1, 0.15) is 0 Å². The fourth-order valence-electron chi connectivity index (χ4n) is 3.55. The van der Waals surface area contributed by atoms with Crippen LogP contribution in [0.1, 0.15) is 52.9 Å². The van der Waals surface area contributed by atoms with Crippen molar-refractivity contribution in [3.05, 3.63) is 0 Å². The van der Waals surface area contributed by atoms with E-state index in [1.807, 2.05) is 6.92 Å². The highest BCUT2D eigenvalue weighted by Gasteiger charge is 2.28. The fourth-order valence-corrected chi connectivity index (χ4v) is 3.55. The van der Waals surface area contributed by atoms with Crippen molar-refractivity contribution in [1.29, 1.82) is 0 Å². The summed E-state index contributed by atoms with van der Waals surface area (Å²) >= 11 is 0. The Morgan fingerprint density at radius 1 is 1.19 bits per heavy atom. The van der Waals surface area contributed by atoms with Crippen LogP contribution in [0.3, 0.4) is 0 Å². The predicted molar refractivity (Wildman–Crippen MR) is 116 cm³/mol. The Morgan fingerprint density at radius 2 is 1.81 bits per heavy atom. The molecule has 1 amide bonds. The smallest absolute Gasteiger partial charge is 0.409 e. The average Bonchev–Trinajstić information content (AvgIpc) is 2.62. The van der Waals surface area contributed by atoms with Crippen LogP contribution >= 0.6 is 24.0 Å². The minimum absolute atomic E-state index is 0. The Hall–Kier alpha value is -0.770. The Bertz CT molecular complexity index is 458. The molecule has 2 saturated heterocycles. The quantitative estimate of drug-likeness (QED) is 0.358. The van der Waals surface area contributed by atoms with E-state index < -0.39 is 0 Å². The van der Waals surface area contributed by atoms with Gasteiger partial charge in [0, 0.05) is 24.7 Å². The number of ether oxygens (including phenoxy) is 1. The highest BCUT2D eigenvalue weighted by Crippen LogP contribution is 2.20. The van der Waals surface area contributed by atoms with Gasteiger partial charge in [0.25, 0.3) is 0 Å². The number of halogens is 1. The molecule has 152 valence electrons. The number of carbonyl (C=O) groups is 1. The molecule has 2 fully saturated rings. The molecule has 0 aromatic carbocycles. The van der Waals surface area contributed by atoms with Crippen LogP contribution in [0.4, 0.5) is 4.79 Å². The van der Waals surface area contributed by atoms with E-state index in [1.165, 1.54) is 19.3 Å². The van der Waals surface area contributed by atoms with Gasteiger partial charge in [0.2, 0.25) is 0 Å². The van der Waals surface area contributed by atoms with Crippen molar-refractivity contribution < 1.29 is 9.53 Å². The van der Waals surface area contributed by atoms with Crippen molar-refractivity contribution in [2.75, 3.05) is 39.3 Å². The molecule has 8 heteroatoms. The molecule has 26 heavy (non-hydrogen) atoms. The van der Waals surface area contributed by atoms with Gasteiger partial charge >= 0.3 is 6.09 Å². The van der Waals surface area contributed by atoms with Crippen molar-refractivity contribution in [1.82, 2.24) is 15.1 Å². The second-order valence-corrected chi connectivity index (χ2v) is 7.67. The lowest BCUT2D eigenvalue weighted by atomic mass is 9.99. The molecule has 3 N–H and O–H groups in total. The number of guanidine groups is 1. The van der Waals surface area contributed by atoms with Gasteiger partial charge in [-0.05, 0) is 59.5 Å². The average molecular weight is 481 g/mol. The van der Waals surface area contributed by atoms with Crippen molar-refractivity contribution in [2.24, 2.45) is 10.7 Å². The van der Waals surface area contributed by atoms with Gasteiger partial charge in [-0.3, -0.25) is 9.89 Å². The number of hydrogen-bond acceptors (Lipinski definition) is 4. The first kappa shape index (κ1) is 23.3. The number of carbonyl (C=O) groups excluding carboxylic acids is 1. The molecule has 2 heterocycles. The first-order valence-electron chi connectivity index (χ1n) is 9.65. The zero-order valence-corrected chi connectivity index (χ0v) is 18.8. The summed E-state index contributed by atoms with van der Waals surface area (Å²) in [4.78, 5) is 20.6. The third-order valence-corrected chi connectivity index (χ3v) is 5.22. The number of nitrogens with one attached hydrogen (secondary N) is 1. The molecule has 0 saturated carbocycles. The van der Waals surface area contributed by atoms with Gasteiger partial charge in [-0.15, -0.1) is 24.0 Å². The van der Waals surface area contributed by atoms with Gasteiger partial charge in [-0.1, -0.05) is 6.42 Å². The van der Waals surface area contributed by atoms with Crippen LogP contribution in [0.5, 0.6) is 0 Å². The van der Waals surface area contributed by atoms with Crippen molar-refractivity contribution in [2.45, 2.75) is 64.5 Å². The Labute approximate surface area is 175 Å². The number of likely N-dealkylation sites (tertiary alicyclic amines) is 2. The van der Waals surface area contributed by atoms with Crippen molar-refractivity contribution >= 4 is 36.0 Å². The summed E-state index contributed by atoms with van der Waals surface area (Å²) in [6.45, 7) is 11.1. The fraction of sp³-hybridized carbons (Fsp3) is 0.889. The summed E-state index contributed by atoms with van der Waals surface area (Å²) in [5.74, 6) is 0.514. The second kappa shape index (κ2) is 11.2. The maximum atomic E-state index is 11.7. The summed E-state index contributed by atoms with van der Waals surface area (Å²) in [6.07, 6.45) is 5.41. The van der Waals surface area contributed by atoms with Crippen LogP contribution in [-0.2, 0) is 4.74 Å². The number of rotatable bonds is 5. The molecule has 2 aliphatic heterocycles. The van der Waals surface area contributed by atoms with Crippen molar-refractivity contribution in [3.8, 4) is 0 Å². The first-order chi connectivity index (χ1) is 11.9. The standard InChI is InChI=1S/C18H35N5O2.HI/c1-4-25-17(24)22-12-8-15(9-13-22)21-16(19)20-14-18(2,3)23-10-6-5-7-11-23;/h15H,4-14H2,1-3H3,(H3,19,20,21);1H.